The number of halogens is 1. The number of carbonyl (C=O) groups is 2. The minimum absolute atomic E-state index is 0.176. The fraction of sp³-hybridized carbons (Fsp3) is 0.227. The largest absolute Gasteiger partial charge is 0.478 e. The van der Waals surface area contributed by atoms with E-state index < -0.39 is 12.6 Å². The number of aryl methyl sites for hydroxylation is 2. The monoisotopic (exact) mass is 411 g/mol. The highest BCUT2D eigenvalue weighted by Crippen LogP contribution is 2.28. The van der Waals surface area contributed by atoms with Crippen molar-refractivity contribution in [3.63, 3.8) is 0 Å². The van der Waals surface area contributed by atoms with Gasteiger partial charge in [0, 0.05) is 7.05 Å². The molecule has 30 heavy (non-hydrogen) atoms. The van der Waals surface area contributed by atoms with Gasteiger partial charge in [0.25, 0.3) is 5.91 Å². The van der Waals surface area contributed by atoms with Crippen molar-refractivity contribution in [3.05, 3.63) is 76.5 Å². The van der Waals surface area contributed by atoms with Crippen molar-refractivity contribution in [2.24, 2.45) is 7.05 Å². The van der Waals surface area contributed by atoms with Crippen molar-refractivity contribution in [1.29, 1.82) is 0 Å². The summed E-state index contributed by atoms with van der Waals surface area (Å²) in [6, 6.07) is 12.4. The van der Waals surface area contributed by atoms with Gasteiger partial charge in [0.05, 0.1) is 17.3 Å². The Morgan fingerprint density at radius 2 is 1.80 bits per heavy atom. The molecule has 1 atom stereocenters. The van der Waals surface area contributed by atoms with Crippen LogP contribution in [0.1, 0.15) is 50.5 Å². The summed E-state index contributed by atoms with van der Waals surface area (Å²) in [5.41, 5.74) is 2.26. The number of rotatable bonds is 7. The van der Waals surface area contributed by atoms with Gasteiger partial charge in [0.2, 0.25) is 5.88 Å². The zero-order chi connectivity index (χ0) is 21.8. The zero-order valence-electron chi connectivity index (χ0n) is 16.8. The first kappa shape index (κ1) is 21.0. The normalized spacial score (nSPS) is 11.7. The second-order valence-corrected chi connectivity index (χ2v) is 6.89. The molecule has 0 radical (unpaired) electrons. The number of nitrogens with one attached hydrogen (secondary N) is 1. The molecule has 0 aliphatic rings. The maximum absolute atomic E-state index is 13.0. The van der Waals surface area contributed by atoms with Gasteiger partial charge in [-0.2, -0.15) is 5.10 Å². The maximum Gasteiger partial charge on any atom is 0.335 e. The number of carboxylic acids is 1. The molecule has 0 fully saturated rings. The van der Waals surface area contributed by atoms with Gasteiger partial charge in [0.1, 0.15) is 18.0 Å². The Balaban J connectivity index is 1.80. The predicted octanol–water partition coefficient (Wildman–Crippen LogP) is 4.18. The van der Waals surface area contributed by atoms with Crippen LogP contribution in [0.25, 0.3) is 0 Å². The van der Waals surface area contributed by atoms with E-state index in [4.69, 9.17) is 9.84 Å². The topological polar surface area (TPSA) is 93.5 Å². The van der Waals surface area contributed by atoms with Gasteiger partial charge in [-0.05, 0) is 49.2 Å². The fourth-order valence-corrected chi connectivity index (χ4v) is 3.04. The van der Waals surface area contributed by atoms with Crippen LogP contribution in [-0.2, 0) is 13.7 Å². The third kappa shape index (κ3) is 4.48. The van der Waals surface area contributed by atoms with Crippen LogP contribution in [0.2, 0.25) is 0 Å². The third-order valence-electron chi connectivity index (χ3n) is 4.69. The Kier molecular flexibility index (Phi) is 6.15. The number of alkyl halides is 1. The molecule has 0 unspecified atom stereocenters. The summed E-state index contributed by atoms with van der Waals surface area (Å²) in [6.07, 6.45) is 0. The standard InChI is InChI=1S/C22H22FN3O4/c1-13(16-6-8-17(9-7-16)22(28)29)24-20(27)19-14(2)25-26(3)21(19)30-18-10-4-15(12-23)5-11-18/h4-11,13H,12H2,1-3H3,(H,24,27)(H,28,29)/t13-/m0/s1. The predicted molar refractivity (Wildman–Crippen MR) is 109 cm³/mol. The summed E-state index contributed by atoms with van der Waals surface area (Å²) < 4.78 is 20.0. The number of carbonyl (C=O) groups excluding carboxylic acids is 1. The van der Waals surface area contributed by atoms with Crippen LogP contribution >= 0.6 is 0 Å². The van der Waals surface area contributed by atoms with Crippen LogP contribution in [0.3, 0.4) is 0 Å². The molecule has 0 bridgehead atoms. The van der Waals surface area contributed by atoms with E-state index in [0.717, 1.165) is 5.56 Å². The highest BCUT2D eigenvalue weighted by molar-refractivity contribution is 5.98. The second kappa shape index (κ2) is 8.77. The summed E-state index contributed by atoms with van der Waals surface area (Å²) >= 11 is 0. The van der Waals surface area contributed by atoms with E-state index in [-0.39, 0.29) is 23.4 Å². The number of ether oxygens (including phenoxy) is 1. The number of hydrogen-bond donors (Lipinski definition) is 2. The molecule has 1 aromatic heterocycles. The van der Waals surface area contributed by atoms with E-state index in [2.05, 4.69) is 10.4 Å². The molecule has 8 heteroatoms. The number of hydrogen-bond acceptors (Lipinski definition) is 4. The van der Waals surface area contributed by atoms with E-state index >= 15 is 0 Å². The van der Waals surface area contributed by atoms with Gasteiger partial charge in [0.15, 0.2) is 0 Å². The first-order chi connectivity index (χ1) is 14.3. The van der Waals surface area contributed by atoms with Gasteiger partial charge in [-0.15, -0.1) is 0 Å². The summed E-state index contributed by atoms with van der Waals surface area (Å²) in [4.78, 5) is 24.0. The van der Waals surface area contributed by atoms with E-state index in [9.17, 15) is 14.0 Å². The Morgan fingerprint density at radius 3 is 2.37 bits per heavy atom. The molecule has 0 aliphatic heterocycles. The molecule has 7 nitrogen and oxygen atoms in total. The van der Waals surface area contributed by atoms with Crippen molar-refractivity contribution in [3.8, 4) is 11.6 Å². The van der Waals surface area contributed by atoms with Crippen LogP contribution in [-0.4, -0.2) is 26.8 Å². The quantitative estimate of drug-likeness (QED) is 0.608. The SMILES string of the molecule is Cc1nn(C)c(Oc2ccc(CF)cc2)c1C(=O)N[C@@H](C)c1ccc(C(=O)O)cc1. The minimum Gasteiger partial charge on any atom is -0.478 e. The molecule has 3 rings (SSSR count). The van der Waals surface area contributed by atoms with Crippen molar-refractivity contribution >= 4 is 11.9 Å². The number of amides is 1. The molecule has 0 saturated heterocycles. The number of carboxylic acid groups (broad SMARTS) is 1. The lowest BCUT2D eigenvalue weighted by molar-refractivity contribution is 0.0696. The van der Waals surface area contributed by atoms with Crippen LogP contribution in [0, 0.1) is 6.92 Å². The molecule has 1 heterocycles. The summed E-state index contributed by atoms with van der Waals surface area (Å²) in [6.45, 7) is 2.94. The van der Waals surface area contributed by atoms with Gasteiger partial charge in [-0.1, -0.05) is 24.3 Å². The number of nitrogens with zero attached hydrogens (tertiary/aromatic N) is 2. The van der Waals surface area contributed by atoms with E-state index in [1.165, 1.54) is 16.8 Å². The van der Waals surface area contributed by atoms with E-state index in [0.29, 0.717) is 22.6 Å². The van der Waals surface area contributed by atoms with Gasteiger partial charge < -0.3 is 15.2 Å². The summed E-state index contributed by atoms with van der Waals surface area (Å²) in [5, 5.41) is 16.2. The van der Waals surface area contributed by atoms with Gasteiger partial charge in [-0.3, -0.25) is 4.79 Å². The molecule has 0 spiro atoms. The highest BCUT2D eigenvalue weighted by Gasteiger charge is 2.24. The molecule has 1 amide bonds. The number of aromatic carboxylic acids is 1. The van der Waals surface area contributed by atoms with Crippen LogP contribution < -0.4 is 10.1 Å². The molecular weight excluding hydrogens is 389 g/mol. The molecule has 0 aliphatic carbocycles. The highest BCUT2D eigenvalue weighted by atomic mass is 19.1. The molecule has 156 valence electrons. The molecule has 3 aromatic rings. The Bertz CT molecular complexity index is 1060. The second-order valence-electron chi connectivity index (χ2n) is 6.89. The Hall–Kier alpha value is -3.68. The average molecular weight is 411 g/mol. The summed E-state index contributed by atoms with van der Waals surface area (Å²) in [7, 11) is 1.67. The first-order valence-electron chi connectivity index (χ1n) is 9.30. The van der Waals surface area contributed by atoms with Crippen LogP contribution in [0.15, 0.2) is 48.5 Å². The van der Waals surface area contributed by atoms with Gasteiger partial charge in [-0.25, -0.2) is 13.9 Å². The minimum atomic E-state index is -1.01. The van der Waals surface area contributed by atoms with Crippen LogP contribution in [0.5, 0.6) is 11.6 Å². The lowest BCUT2D eigenvalue weighted by Crippen LogP contribution is -2.27. The lowest BCUT2D eigenvalue weighted by Gasteiger charge is -2.15. The third-order valence-corrected chi connectivity index (χ3v) is 4.69. The van der Waals surface area contributed by atoms with E-state index in [1.807, 2.05) is 0 Å². The Morgan fingerprint density at radius 1 is 1.17 bits per heavy atom. The van der Waals surface area contributed by atoms with Gasteiger partial charge >= 0.3 is 5.97 Å². The Labute approximate surface area is 173 Å². The summed E-state index contributed by atoms with van der Waals surface area (Å²) in [5.74, 6) is -0.649. The number of aromatic nitrogens is 2. The smallest absolute Gasteiger partial charge is 0.335 e. The van der Waals surface area contributed by atoms with Crippen molar-refractivity contribution in [1.82, 2.24) is 15.1 Å². The first-order valence-corrected chi connectivity index (χ1v) is 9.30. The number of benzene rings is 2. The molecule has 2 aromatic carbocycles. The lowest BCUT2D eigenvalue weighted by atomic mass is 10.1. The van der Waals surface area contributed by atoms with Crippen LogP contribution in [0.4, 0.5) is 4.39 Å². The molecule has 2 N–H and O–H groups in total. The van der Waals surface area contributed by atoms with Crippen molar-refractivity contribution in [2.45, 2.75) is 26.6 Å². The zero-order valence-corrected chi connectivity index (χ0v) is 16.8. The molecular formula is C22H22FN3O4. The van der Waals surface area contributed by atoms with E-state index in [1.54, 1.807) is 57.3 Å². The average Bonchev–Trinajstić information content (AvgIpc) is 3.01. The van der Waals surface area contributed by atoms with Crippen molar-refractivity contribution in [2.75, 3.05) is 0 Å². The molecule has 0 saturated carbocycles. The maximum atomic E-state index is 13.0. The van der Waals surface area contributed by atoms with Crippen molar-refractivity contribution < 1.29 is 23.8 Å². The fourth-order valence-electron chi connectivity index (χ4n) is 3.04.